The third-order valence-electron chi connectivity index (χ3n) is 1.34. The van der Waals surface area contributed by atoms with Crippen LogP contribution in [0.4, 0.5) is 0 Å². The number of carboxylic acid groups (broad SMARTS) is 1. The van der Waals surface area contributed by atoms with Crippen LogP contribution in [0.25, 0.3) is 0 Å². The summed E-state index contributed by atoms with van der Waals surface area (Å²) in [5, 5.41) is 8.50. The first-order valence-electron chi connectivity index (χ1n) is 3.79. The number of ether oxygens (including phenoxy) is 1. The Morgan fingerprint density at radius 3 is 2.47 bits per heavy atom. The molecule has 0 fully saturated rings. The third kappa shape index (κ3) is 3.08. The number of hydrogen-bond acceptors (Lipinski definition) is 5. The van der Waals surface area contributed by atoms with E-state index in [1.807, 2.05) is 0 Å². The second kappa shape index (κ2) is 4.72. The van der Waals surface area contributed by atoms with Gasteiger partial charge in [0.2, 0.25) is 5.82 Å². The molecule has 1 aromatic heterocycles. The summed E-state index contributed by atoms with van der Waals surface area (Å²) < 4.78 is 4.29. The van der Waals surface area contributed by atoms with Crippen LogP contribution in [0.15, 0.2) is 12.4 Å². The fourth-order valence-corrected chi connectivity index (χ4v) is 0.677. The number of rotatable bonds is 1. The summed E-state index contributed by atoms with van der Waals surface area (Å²) >= 11 is 0. The van der Waals surface area contributed by atoms with Crippen molar-refractivity contribution < 1.29 is 19.4 Å². The van der Waals surface area contributed by atoms with E-state index in [1.165, 1.54) is 19.5 Å². The van der Waals surface area contributed by atoms with E-state index < -0.39 is 11.9 Å². The lowest BCUT2D eigenvalue weighted by Crippen LogP contribution is -2.03. The molecule has 0 aliphatic heterocycles. The van der Waals surface area contributed by atoms with Gasteiger partial charge in [0.15, 0.2) is 0 Å². The molecule has 0 radical (unpaired) electrons. The predicted molar refractivity (Wildman–Crippen MR) is 47.9 cm³/mol. The van der Waals surface area contributed by atoms with Crippen molar-refractivity contribution in [2.75, 3.05) is 7.11 Å². The normalized spacial score (nSPS) is 8.60. The Morgan fingerprint density at radius 1 is 1.40 bits per heavy atom. The maximum atomic E-state index is 10.6. The van der Waals surface area contributed by atoms with Crippen LogP contribution in [0, 0.1) is 11.8 Å². The molecule has 6 nitrogen and oxygen atoms in total. The SMILES string of the molecule is COC(=O)C#Cc1cnc(C(=O)O)nc1. The summed E-state index contributed by atoms with van der Waals surface area (Å²) in [7, 11) is 1.21. The number of carbonyl (C=O) groups excluding carboxylic acids is 1. The lowest BCUT2D eigenvalue weighted by Gasteiger charge is -1.91. The molecule has 0 saturated heterocycles. The summed E-state index contributed by atoms with van der Waals surface area (Å²) in [5.41, 5.74) is 0.338. The molecular weight excluding hydrogens is 200 g/mol. The van der Waals surface area contributed by atoms with Gasteiger partial charge in [-0.25, -0.2) is 19.6 Å². The molecule has 0 aromatic carbocycles. The number of hydrogen-bond donors (Lipinski definition) is 1. The number of carbonyl (C=O) groups is 2. The summed E-state index contributed by atoms with van der Waals surface area (Å²) in [5.74, 6) is 2.35. The van der Waals surface area contributed by atoms with E-state index in [1.54, 1.807) is 0 Å². The molecule has 6 heteroatoms. The van der Waals surface area contributed by atoms with Gasteiger partial charge in [0.25, 0.3) is 0 Å². The van der Waals surface area contributed by atoms with Crippen LogP contribution in [0.5, 0.6) is 0 Å². The first kappa shape index (κ1) is 10.7. The van der Waals surface area contributed by atoms with Gasteiger partial charge >= 0.3 is 11.9 Å². The minimum atomic E-state index is -1.22. The summed E-state index contributed by atoms with van der Waals surface area (Å²) in [6.07, 6.45) is 2.43. The summed E-state index contributed by atoms with van der Waals surface area (Å²) in [6, 6.07) is 0. The number of carboxylic acids is 1. The Kier molecular flexibility index (Phi) is 3.35. The van der Waals surface area contributed by atoms with Crippen molar-refractivity contribution in [3.63, 3.8) is 0 Å². The highest BCUT2D eigenvalue weighted by atomic mass is 16.5. The molecule has 0 atom stereocenters. The van der Waals surface area contributed by atoms with Gasteiger partial charge in [0.05, 0.1) is 12.7 Å². The van der Waals surface area contributed by atoms with Crippen molar-refractivity contribution in [3.8, 4) is 11.8 Å². The van der Waals surface area contributed by atoms with Gasteiger partial charge in [-0.15, -0.1) is 0 Å². The Bertz CT molecular complexity index is 441. The monoisotopic (exact) mass is 206 g/mol. The number of methoxy groups -OCH3 is 1. The Labute approximate surface area is 84.9 Å². The first-order chi connectivity index (χ1) is 7.13. The van der Waals surface area contributed by atoms with E-state index in [4.69, 9.17) is 5.11 Å². The Balaban J connectivity index is 2.84. The molecule has 0 saturated carbocycles. The molecule has 0 unspecified atom stereocenters. The lowest BCUT2D eigenvalue weighted by molar-refractivity contribution is -0.133. The topological polar surface area (TPSA) is 89.4 Å². The highest BCUT2D eigenvalue weighted by molar-refractivity contribution is 5.89. The molecule has 0 bridgehead atoms. The van der Waals surface area contributed by atoms with Crippen LogP contribution in [-0.2, 0) is 9.53 Å². The second-order valence-electron chi connectivity index (χ2n) is 2.34. The smallest absolute Gasteiger partial charge is 0.384 e. The molecule has 0 amide bonds. The van der Waals surface area contributed by atoms with Crippen LogP contribution in [0.1, 0.15) is 16.2 Å². The average Bonchev–Trinajstić information content (AvgIpc) is 2.26. The molecule has 0 aliphatic carbocycles. The Hall–Kier alpha value is -2.42. The van der Waals surface area contributed by atoms with Crippen LogP contribution < -0.4 is 0 Å². The highest BCUT2D eigenvalue weighted by Crippen LogP contribution is 1.93. The van der Waals surface area contributed by atoms with Crippen LogP contribution >= 0.6 is 0 Å². The van der Waals surface area contributed by atoms with E-state index in [2.05, 4.69) is 26.5 Å². The van der Waals surface area contributed by atoms with E-state index in [0.717, 1.165) is 0 Å². The van der Waals surface area contributed by atoms with Gasteiger partial charge in [0.1, 0.15) is 0 Å². The first-order valence-corrected chi connectivity index (χ1v) is 3.79. The minimum absolute atomic E-state index is 0.321. The van der Waals surface area contributed by atoms with E-state index in [-0.39, 0.29) is 5.82 Å². The van der Waals surface area contributed by atoms with Gasteiger partial charge in [-0.3, -0.25) is 0 Å². The second-order valence-corrected chi connectivity index (χ2v) is 2.34. The quantitative estimate of drug-likeness (QED) is 0.501. The Morgan fingerprint density at radius 2 is 2.00 bits per heavy atom. The fourth-order valence-electron chi connectivity index (χ4n) is 0.677. The van der Waals surface area contributed by atoms with Crippen molar-refractivity contribution >= 4 is 11.9 Å². The van der Waals surface area contributed by atoms with E-state index in [0.29, 0.717) is 5.56 Å². The zero-order valence-electron chi connectivity index (χ0n) is 7.72. The molecule has 0 spiro atoms. The van der Waals surface area contributed by atoms with E-state index in [9.17, 15) is 9.59 Å². The van der Waals surface area contributed by atoms with Gasteiger partial charge in [-0.1, -0.05) is 5.92 Å². The minimum Gasteiger partial charge on any atom is -0.475 e. The zero-order valence-corrected chi connectivity index (χ0v) is 7.72. The molecule has 1 rings (SSSR count). The van der Waals surface area contributed by atoms with Crippen LogP contribution in [-0.4, -0.2) is 34.1 Å². The largest absolute Gasteiger partial charge is 0.475 e. The maximum Gasteiger partial charge on any atom is 0.384 e. The zero-order chi connectivity index (χ0) is 11.3. The lowest BCUT2D eigenvalue weighted by atomic mass is 10.3. The van der Waals surface area contributed by atoms with Crippen LogP contribution in [0.2, 0.25) is 0 Å². The molecule has 1 N–H and O–H groups in total. The molecule has 1 heterocycles. The molecular formula is C9H6N2O4. The number of nitrogens with zero attached hydrogens (tertiary/aromatic N) is 2. The van der Waals surface area contributed by atoms with Gasteiger partial charge in [0, 0.05) is 18.3 Å². The number of aromatic nitrogens is 2. The van der Waals surface area contributed by atoms with Crippen molar-refractivity contribution in [1.82, 2.24) is 9.97 Å². The van der Waals surface area contributed by atoms with Crippen molar-refractivity contribution in [3.05, 3.63) is 23.8 Å². The molecule has 15 heavy (non-hydrogen) atoms. The maximum absolute atomic E-state index is 10.6. The standard InChI is InChI=1S/C9H6N2O4/c1-15-7(12)3-2-6-4-10-8(9(13)14)11-5-6/h4-5H,1H3,(H,13,14). The van der Waals surface area contributed by atoms with Crippen LogP contribution in [0.3, 0.4) is 0 Å². The third-order valence-corrected chi connectivity index (χ3v) is 1.34. The molecule has 76 valence electrons. The summed E-state index contributed by atoms with van der Waals surface area (Å²) in [6.45, 7) is 0. The summed E-state index contributed by atoms with van der Waals surface area (Å²) in [4.78, 5) is 28.1. The molecule has 1 aromatic rings. The number of aromatic carboxylic acids is 1. The highest BCUT2D eigenvalue weighted by Gasteiger charge is 2.04. The van der Waals surface area contributed by atoms with E-state index >= 15 is 0 Å². The van der Waals surface area contributed by atoms with Crippen molar-refractivity contribution in [1.29, 1.82) is 0 Å². The fraction of sp³-hybridized carbons (Fsp3) is 0.111. The van der Waals surface area contributed by atoms with Gasteiger partial charge < -0.3 is 9.84 Å². The molecule has 0 aliphatic rings. The van der Waals surface area contributed by atoms with Gasteiger partial charge in [-0.05, 0) is 0 Å². The average molecular weight is 206 g/mol. The van der Waals surface area contributed by atoms with Crippen molar-refractivity contribution in [2.24, 2.45) is 0 Å². The number of esters is 1. The van der Waals surface area contributed by atoms with Crippen molar-refractivity contribution in [2.45, 2.75) is 0 Å². The van der Waals surface area contributed by atoms with Gasteiger partial charge in [-0.2, -0.15) is 0 Å². The predicted octanol–water partition coefficient (Wildman–Crippen LogP) is -0.301.